The van der Waals surface area contributed by atoms with E-state index in [-0.39, 0.29) is 48.3 Å². The molecule has 1 aliphatic carbocycles. The molecule has 1 aromatic rings. The van der Waals surface area contributed by atoms with Gasteiger partial charge in [-0.2, -0.15) is 0 Å². The fourth-order valence-electron chi connectivity index (χ4n) is 3.30. The number of likely N-dealkylation sites (N-methyl/N-ethyl adjacent to an activating group) is 1. The largest absolute Gasteiger partial charge is 0.472 e. The zero-order chi connectivity index (χ0) is 19.7. The molecule has 148 valence electrons. The highest BCUT2D eigenvalue weighted by atomic mass is 79.9. The summed E-state index contributed by atoms with van der Waals surface area (Å²) in [5.41, 5.74) is 0.359. The molecule has 2 amide bonds. The zero-order valence-electron chi connectivity index (χ0n) is 15.9. The van der Waals surface area contributed by atoms with Crippen molar-refractivity contribution in [1.82, 2.24) is 14.8 Å². The van der Waals surface area contributed by atoms with Crippen molar-refractivity contribution in [1.29, 1.82) is 0 Å². The maximum Gasteiger partial charge on any atom is 0.259 e. The first-order valence-electron chi connectivity index (χ1n) is 9.30. The van der Waals surface area contributed by atoms with E-state index >= 15 is 0 Å². The smallest absolute Gasteiger partial charge is 0.259 e. The minimum absolute atomic E-state index is 0.0315. The number of hydrogen-bond donors (Lipinski definition) is 1. The summed E-state index contributed by atoms with van der Waals surface area (Å²) >= 11 is 3.36. The van der Waals surface area contributed by atoms with Crippen molar-refractivity contribution < 1.29 is 19.4 Å². The number of nitrogens with zero attached hydrogens (tertiary/aromatic N) is 3. The van der Waals surface area contributed by atoms with E-state index in [0.29, 0.717) is 23.1 Å². The molecule has 0 bridgehead atoms. The predicted octanol–water partition coefficient (Wildman–Crippen LogP) is 1.93. The van der Waals surface area contributed by atoms with Crippen molar-refractivity contribution in [2.45, 2.75) is 38.8 Å². The van der Waals surface area contributed by atoms with E-state index in [9.17, 15) is 14.7 Å². The zero-order valence-corrected chi connectivity index (χ0v) is 17.5. The van der Waals surface area contributed by atoms with Crippen LogP contribution in [0, 0.1) is 11.8 Å². The quantitative estimate of drug-likeness (QED) is 0.757. The molecule has 1 N–H and O–H groups in total. The number of pyridine rings is 1. The van der Waals surface area contributed by atoms with Gasteiger partial charge in [-0.1, -0.05) is 6.92 Å². The standard InChI is InChI=1S/C19H26BrN3O4/c1-11-8-23(12(2)10-24)19(26)15-6-14(20)7-21-17(15)27-16(11)9-22(3)18(25)13-4-5-13/h6-7,11-13,16,24H,4-5,8-10H2,1-3H3/t11-,12-,16+/m1/s1. The number of carbonyl (C=O) groups is 2. The molecule has 2 heterocycles. The number of aliphatic hydroxyl groups is 1. The van der Waals surface area contributed by atoms with Gasteiger partial charge in [0.15, 0.2) is 0 Å². The molecule has 2 aliphatic rings. The molecular weight excluding hydrogens is 414 g/mol. The van der Waals surface area contributed by atoms with E-state index in [1.54, 1.807) is 29.1 Å². The average Bonchev–Trinajstić information content (AvgIpc) is 3.49. The topological polar surface area (TPSA) is 83.0 Å². The normalized spacial score (nSPS) is 23.7. The monoisotopic (exact) mass is 439 g/mol. The Morgan fingerprint density at radius 3 is 2.85 bits per heavy atom. The van der Waals surface area contributed by atoms with E-state index in [2.05, 4.69) is 20.9 Å². The molecule has 1 aliphatic heterocycles. The third-order valence-electron chi connectivity index (χ3n) is 5.24. The Hall–Kier alpha value is -1.67. The van der Waals surface area contributed by atoms with Crippen LogP contribution in [0.25, 0.3) is 0 Å². The summed E-state index contributed by atoms with van der Waals surface area (Å²) in [6.07, 6.45) is 3.21. The lowest BCUT2D eigenvalue weighted by molar-refractivity contribution is -0.132. The van der Waals surface area contributed by atoms with Crippen LogP contribution in [0.4, 0.5) is 0 Å². The van der Waals surface area contributed by atoms with Gasteiger partial charge in [-0.3, -0.25) is 9.59 Å². The van der Waals surface area contributed by atoms with Gasteiger partial charge in [-0.15, -0.1) is 0 Å². The van der Waals surface area contributed by atoms with Gasteiger partial charge >= 0.3 is 0 Å². The number of halogens is 1. The first kappa shape index (κ1) is 20.1. The van der Waals surface area contributed by atoms with Crippen molar-refractivity contribution in [3.63, 3.8) is 0 Å². The van der Waals surface area contributed by atoms with Gasteiger partial charge in [-0.05, 0) is 41.8 Å². The van der Waals surface area contributed by atoms with Crippen LogP contribution in [-0.2, 0) is 4.79 Å². The summed E-state index contributed by atoms with van der Waals surface area (Å²) in [4.78, 5) is 33.1. The predicted molar refractivity (Wildman–Crippen MR) is 103 cm³/mol. The van der Waals surface area contributed by atoms with Gasteiger partial charge in [0, 0.05) is 36.1 Å². The summed E-state index contributed by atoms with van der Waals surface area (Å²) < 4.78 is 6.80. The molecular formula is C19H26BrN3O4. The van der Waals surface area contributed by atoms with Crippen LogP contribution in [0.15, 0.2) is 16.7 Å². The van der Waals surface area contributed by atoms with Crippen molar-refractivity contribution in [3.05, 3.63) is 22.3 Å². The lowest BCUT2D eigenvalue weighted by atomic mass is 10.00. The fourth-order valence-corrected chi connectivity index (χ4v) is 3.63. The molecule has 1 aromatic heterocycles. The van der Waals surface area contributed by atoms with Crippen LogP contribution in [0.2, 0.25) is 0 Å². The number of ether oxygens (including phenoxy) is 1. The first-order chi connectivity index (χ1) is 12.8. The highest BCUT2D eigenvalue weighted by molar-refractivity contribution is 9.10. The Morgan fingerprint density at radius 1 is 1.52 bits per heavy atom. The molecule has 0 aromatic carbocycles. The first-order valence-corrected chi connectivity index (χ1v) is 10.1. The molecule has 3 atom stereocenters. The van der Waals surface area contributed by atoms with Crippen molar-refractivity contribution >= 4 is 27.7 Å². The van der Waals surface area contributed by atoms with E-state index in [1.165, 1.54) is 0 Å². The Bertz CT molecular complexity index is 725. The Kier molecular flexibility index (Phi) is 6.05. The van der Waals surface area contributed by atoms with Crippen LogP contribution in [0.3, 0.4) is 0 Å². The average molecular weight is 440 g/mol. The summed E-state index contributed by atoms with van der Waals surface area (Å²) in [6.45, 7) is 4.55. The fraction of sp³-hybridized carbons (Fsp3) is 0.632. The molecule has 0 unspecified atom stereocenters. The number of fused-ring (bicyclic) bond motifs is 1. The van der Waals surface area contributed by atoms with E-state index in [0.717, 1.165) is 12.8 Å². The van der Waals surface area contributed by atoms with Crippen LogP contribution in [0.5, 0.6) is 5.88 Å². The Labute approximate surface area is 167 Å². The molecule has 1 fully saturated rings. The van der Waals surface area contributed by atoms with Crippen LogP contribution >= 0.6 is 15.9 Å². The molecule has 1 saturated carbocycles. The SMILES string of the molecule is C[C@@H]1CN([C@H](C)CO)C(=O)c2cc(Br)cnc2O[C@H]1CN(C)C(=O)C1CC1. The van der Waals surface area contributed by atoms with Gasteiger partial charge in [0.25, 0.3) is 5.91 Å². The molecule has 27 heavy (non-hydrogen) atoms. The van der Waals surface area contributed by atoms with Gasteiger partial charge in [0.1, 0.15) is 11.7 Å². The van der Waals surface area contributed by atoms with Crippen LogP contribution in [-0.4, -0.2) is 70.6 Å². The second-order valence-electron chi connectivity index (χ2n) is 7.62. The number of aromatic nitrogens is 1. The minimum Gasteiger partial charge on any atom is -0.472 e. The summed E-state index contributed by atoms with van der Waals surface area (Å²) in [7, 11) is 1.80. The highest BCUT2D eigenvalue weighted by Gasteiger charge is 2.37. The lowest BCUT2D eigenvalue weighted by Gasteiger charge is -2.37. The summed E-state index contributed by atoms with van der Waals surface area (Å²) in [5, 5.41) is 9.60. The third-order valence-corrected chi connectivity index (χ3v) is 5.68. The van der Waals surface area contributed by atoms with Gasteiger partial charge in [-0.25, -0.2) is 4.98 Å². The van der Waals surface area contributed by atoms with Crippen LogP contribution in [0.1, 0.15) is 37.0 Å². The minimum atomic E-state index is -0.323. The maximum atomic E-state index is 13.0. The number of rotatable bonds is 5. The number of carbonyl (C=O) groups excluding carboxylic acids is 2. The third kappa shape index (κ3) is 4.43. The van der Waals surface area contributed by atoms with Crippen LogP contribution < -0.4 is 4.74 Å². The summed E-state index contributed by atoms with van der Waals surface area (Å²) in [5.74, 6) is 0.312. The number of aliphatic hydroxyl groups excluding tert-OH is 1. The van der Waals surface area contributed by atoms with E-state index in [1.807, 2.05) is 13.8 Å². The molecule has 0 radical (unpaired) electrons. The van der Waals surface area contributed by atoms with Crippen molar-refractivity contribution in [2.24, 2.45) is 11.8 Å². The van der Waals surface area contributed by atoms with Crippen molar-refractivity contribution in [2.75, 3.05) is 26.7 Å². The molecule has 3 rings (SSSR count). The molecule has 0 spiro atoms. The molecule has 7 nitrogen and oxygen atoms in total. The highest BCUT2D eigenvalue weighted by Crippen LogP contribution is 2.32. The summed E-state index contributed by atoms with van der Waals surface area (Å²) in [6, 6.07) is 1.37. The number of hydrogen-bond acceptors (Lipinski definition) is 5. The van der Waals surface area contributed by atoms with Gasteiger partial charge < -0.3 is 19.6 Å². The molecule has 8 heteroatoms. The van der Waals surface area contributed by atoms with E-state index in [4.69, 9.17) is 4.74 Å². The number of amides is 2. The van der Waals surface area contributed by atoms with E-state index < -0.39 is 0 Å². The second-order valence-corrected chi connectivity index (χ2v) is 8.54. The lowest BCUT2D eigenvalue weighted by Crippen LogP contribution is -2.50. The van der Waals surface area contributed by atoms with Gasteiger partial charge in [0.05, 0.1) is 19.2 Å². The second kappa shape index (κ2) is 8.14. The van der Waals surface area contributed by atoms with Gasteiger partial charge in [0.2, 0.25) is 11.8 Å². The Morgan fingerprint density at radius 2 is 2.22 bits per heavy atom. The molecule has 0 saturated heterocycles. The Balaban J connectivity index is 1.90. The maximum absolute atomic E-state index is 13.0. The van der Waals surface area contributed by atoms with Crippen molar-refractivity contribution in [3.8, 4) is 5.88 Å².